The number of alkyl halides is 3. The largest absolute Gasteiger partial charge is 0.478 e. The van der Waals surface area contributed by atoms with E-state index >= 15 is 0 Å². The first kappa shape index (κ1) is 14.2. The van der Waals surface area contributed by atoms with Crippen molar-refractivity contribution in [1.29, 1.82) is 0 Å². The van der Waals surface area contributed by atoms with Crippen LogP contribution in [-0.2, 0) is 12.6 Å². The average molecular weight is 284 g/mol. The summed E-state index contributed by atoms with van der Waals surface area (Å²) in [6, 6.07) is 4.20. The molecule has 0 spiro atoms. The van der Waals surface area contributed by atoms with E-state index in [1.165, 1.54) is 18.4 Å². The summed E-state index contributed by atoms with van der Waals surface area (Å²) in [6.45, 7) is 1.77. The van der Waals surface area contributed by atoms with Crippen LogP contribution in [0.4, 0.5) is 13.2 Å². The maximum atomic E-state index is 12.5. The molecule has 0 atom stereocenters. The standard InChI is InChI=1S/C14H11F3O3/c1-2-8-7-20-12(11(8)13(18)19)9-3-5-10(6-4-9)14(15,16)17/h3-7H,2H2,1H3,(H,18,19). The second-order valence-electron chi connectivity index (χ2n) is 4.20. The van der Waals surface area contributed by atoms with E-state index in [1.54, 1.807) is 6.92 Å². The summed E-state index contributed by atoms with van der Waals surface area (Å²) >= 11 is 0. The Labute approximate surface area is 112 Å². The highest BCUT2D eigenvalue weighted by molar-refractivity contribution is 5.96. The van der Waals surface area contributed by atoms with Gasteiger partial charge in [0.05, 0.1) is 11.8 Å². The third kappa shape index (κ3) is 2.54. The Morgan fingerprint density at radius 3 is 2.30 bits per heavy atom. The number of benzene rings is 1. The second kappa shape index (κ2) is 5.03. The van der Waals surface area contributed by atoms with Crippen molar-refractivity contribution in [3.05, 3.63) is 47.2 Å². The smallest absolute Gasteiger partial charge is 0.416 e. The van der Waals surface area contributed by atoms with Gasteiger partial charge in [0.15, 0.2) is 0 Å². The number of rotatable bonds is 3. The van der Waals surface area contributed by atoms with E-state index in [2.05, 4.69) is 0 Å². The number of carbonyl (C=O) groups is 1. The van der Waals surface area contributed by atoms with E-state index in [9.17, 15) is 23.1 Å². The lowest BCUT2D eigenvalue weighted by molar-refractivity contribution is -0.137. The van der Waals surface area contributed by atoms with Crippen LogP contribution < -0.4 is 0 Å². The van der Waals surface area contributed by atoms with Crippen LogP contribution in [0.25, 0.3) is 11.3 Å². The van der Waals surface area contributed by atoms with Crippen LogP contribution >= 0.6 is 0 Å². The summed E-state index contributed by atoms with van der Waals surface area (Å²) in [5.74, 6) is -1.09. The lowest BCUT2D eigenvalue weighted by Crippen LogP contribution is -2.04. The first-order valence-corrected chi connectivity index (χ1v) is 5.86. The first-order valence-electron chi connectivity index (χ1n) is 5.86. The molecular formula is C14H11F3O3. The number of hydrogen-bond donors (Lipinski definition) is 1. The average Bonchev–Trinajstić information content (AvgIpc) is 2.81. The van der Waals surface area contributed by atoms with Crippen molar-refractivity contribution in [1.82, 2.24) is 0 Å². The molecule has 106 valence electrons. The molecule has 0 saturated carbocycles. The molecule has 0 saturated heterocycles. The number of hydrogen-bond acceptors (Lipinski definition) is 2. The summed E-state index contributed by atoms with van der Waals surface area (Å²) in [7, 11) is 0. The van der Waals surface area contributed by atoms with Gasteiger partial charge in [0.25, 0.3) is 0 Å². The summed E-state index contributed by atoms with van der Waals surface area (Å²) in [6.07, 6.45) is -2.64. The van der Waals surface area contributed by atoms with Gasteiger partial charge < -0.3 is 9.52 Å². The molecule has 3 nitrogen and oxygen atoms in total. The van der Waals surface area contributed by atoms with Crippen LogP contribution in [0.1, 0.15) is 28.4 Å². The molecule has 1 N–H and O–H groups in total. The molecular weight excluding hydrogens is 273 g/mol. The Morgan fingerprint density at radius 1 is 1.25 bits per heavy atom. The van der Waals surface area contributed by atoms with Crippen LogP contribution in [0.15, 0.2) is 34.9 Å². The lowest BCUT2D eigenvalue weighted by Gasteiger charge is -2.07. The van der Waals surface area contributed by atoms with E-state index in [1.807, 2.05) is 0 Å². The minimum absolute atomic E-state index is 0.00717. The number of carboxylic acid groups (broad SMARTS) is 1. The highest BCUT2D eigenvalue weighted by atomic mass is 19.4. The van der Waals surface area contributed by atoms with Crippen molar-refractivity contribution in [3.63, 3.8) is 0 Å². The van der Waals surface area contributed by atoms with Crippen molar-refractivity contribution in [2.24, 2.45) is 0 Å². The van der Waals surface area contributed by atoms with Crippen LogP contribution in [0, 0.1) is 0 Å². The van der Waals surface area contributed by atoms with E-state index in [-0.39, 0.29) is 11.3 Å². The van der Waals surface area contributed by atoms with Gasteiger partial charge in [0.1, 0.15) is 11.3 Å². The Bertz CT molecular complexity index is 624. The molecule has 1 heterocycles. The lowest BCUT2D eigenvalue weighted by atomic mass is 10.0. The van der Waals surface area contributed by atoms with Gasteiger partial charge in [-0.2, -0.15) is 13.2 Å². The monoisotopic (exact) mass is 284 g/mol. The summed E-state index contributed by atoms with van der Waals surface area (Å²) in [4.78, 5) is 11.2. The summed E-state index contributed by atoms with van der Waals surface area (Å²) in [5, 5.41) is 9.17. The molecule has 2 aromatic rings. The zero-order valence-corrected chi connectivity index (χ0v) is 10.5. The van der Waals surface area contributed by atoms with Gasteiger partial charge in [-0.15, -0.1) is 0 Å². The normalized spacial score (nSPS) is 11.6. The van der Waals surface area contributed by atoms with Crippen molar-refractivity contribution in [2.75, 3.05) is 0 Å². The molecule has 0 bridgehead atoms. The number of aryl methyl sites for hydroxylation is 1. The maximum absolute atomic E-state index is 12.5. The van der Waals surface area contributed by atoms with E-state index in [0.29, 0.717) is 17.5 Å². The van der Waals surface area contributed by atoms with E-state index < -0.39 is 17.7 Å². The molecule has 6 heteroatoms. The topological polar surface area (TPSA) is 50.4 Å². The van der Waals surface area contributed by atoms with Gasteiger partial charge >= 0.3 is 12.1 Å². The minimum Gasteiger partial charge on any atom is -0.478 e. The molecule has 0 aliphatic carbocycles. The van der Waals surface area contributed by atoms with E-state index in [0.717, 1.165) is 12.1 Å². The summed E-state index contributed by atoms with van der Waals surface area (Å²) < 4.78 is 42.6. The first-order chi connectivity index (χ1) is 9.34. The predicted molar refractivity (Wildman–Crippen MR) is 65.5 cm³/mol. The van der Waals surface area contributed by atoms with Gasteiger partial charge in [-0.05, 0) is 18.6 Å². The molecule has 0 unspecified atom stereocenters. The number of halogens is 3. The fourth-order valence-electron chi connectivity index (χ4n) is 1.91. The molecule has 0 aliphatic heterocycles. The second-order valence-corrected chi connectivity index (χ2v) is 4.20. The quantitative estimate of drug-likeness (QED) is 0.917. The van der Waals surface area contributed by atoms with E-state index in [4.69, 9.17) is 4.42 Å². The zero-order chi connectivity index (χ0) is 14.9. The van der Waals surface area contributed by atoms with Gasteiger partial charge in [0.2, 0.25) is 0 Å². The predicted octanol–water partition coefficient (Wildman–Crippen LogP) is 4.23. The highest BCUT2D eigenvalue weighted by Gasteiger charge is 2.30. The molecule has 0 aliphatic rings. The van der Waals surface area contributed by atoms with Crippen molar-refractivity contribution < 1.29 is 27.5 Å². The molecule has 0 radical (unpaired) electrons. The van der Waals surface area contributed by atoms with Gasteiger partial charge in [0, 0.05) is 11.1 Å². The third-order valence-corrected chi connectivity index (χ3v) is 2.94. The number of carboxylic acids is 1. The summed E-state index contributed by atoms with van der Waals surface area (Å²) in [5.41, 5.74) is 0.00940. The Hall–Kier alpha value is -2.24. The highest BCUT2D eigenvalue weighted by Crippen LogP contribution is 2.33. The van der Waals surface area contributed by atoms with Crippen molar-refractivity contribution in [3.8, 4) is 11.3 Å². The number of aromatic carboxylic acids is 1. The Balaban J connectivity index is 2.47. The van der Waals surface area contributed by atoms with Crippen molar-refractivity contribution in [2.45, 2.75) is 19.5 Å². The van der Waals surface area contributed by atoms with Gasteiger partial charge in [-0.1, -0.05) is 19.1 Å². The van der Waals surface area contributed by atoms with Crippen molar-refractivity contribution >= 4 is 5.97 Å². The number of furan rings is 1. The minimum atomic E-state index is -4.42. The molecule has 0 amide bonds. The fourth-order valence-corrected chi connectivity index (χ4v) is 1.91. The molecule has 1 aromatic carbocycles. The Morgan fingerprint density at radius 2 is 1.85 bits per heavy atom. The zero-order valence-electron chi connectivity index (χ0n) is 10.5. The van der Waals surface area contributed by atoms with Crippen LogP contribution in [0.5, 0.6) is 0 Å². The maximum Gasteiger partial charge on any atom is 0.416 e. The van der Waals surface area contributed by atoms with Crippen LogP contribution in [0.3, 0.4) is 0 Å². The molecule has 1 aromatic heterocycles. The molecule has 2 rings (SSSR count). The van der Waals surface area contributed by atoms with Crippen LogP contribution in [0.2, 0.25) is 0 Å². The van der Waals surface area contributed by atoms with Gasteiger partial charge in [-0.3, -0.25) is 0 Å². The van der Waals surface area contributed by atoms with Crippen LogP contribution in [-0.4, -0.2) is 11.1 Å². The molecule has 0 fully saturated rings. The van der Waals surface area contributed by atoms with Gasteiger partial charge in [-0.25, -0.2) is 4.79 Å². The fraction of sp³-hybridized carbons (Fsp3) is 0.214. The Kier molecular flexibility index (Phi) is 3.57. The molecule has 20 heavy (non-hydrogen) atoms. The third-order valence-electron chi connectivity index (χ3n) is 2.94. The SMILES string of the molecule is CCc1coc(-c2ccc(C(F)(F)F)cc2)c1C(=O)O.